The van der Waals surface area contributed by atoms with Crippen molar-refractivity contribution in [3.8, 4) is 17.6 Å². The van der Waals surface area contributed by atoms with Crippen molar-refractivity contribution >= 4 is 48.6 Å². The minimum absolute atomic E-state index is 0.0245. The Bertz CT molecular complexity index is 798. The molecule has 0 aliphatic carbocycles. The number of benzene rings is 1. The SMILES string of the molecule is COc1cc(OI2CCC(NC(=O)C(=N)/C=C\C(=[NH2+])Cl)CC2)ccc1C#N. The van der Waals surface area contributed by atoms with Gasteiger partial charge in [-0.25, -0.2) is 0 Å². The maximum atomic E-state index is 12.0. The van der Waals surface area contributed by atoms with Crippen molar-refractivity contribution in [3.05, 3.63) is 35.9 Å². The number of nitrogens with one attached hydrogen (secondary N) is 2. The third-order valence-electron chi connectivity index (χ3n) is 3.82. The first-order valence-electron chi connectivity index (χ1n) is 8.16. The summed E-state index contributed by atoms with van der Waals surface area (Å²) in [4.78, 5) is 12.0. The molecule has 1 aromatic rings. The molecular weight excluding hydrogens is 483 g/mol. The molecule has 1 saturated heterocycles. The number of nitriles is 1. The second kappa shape index (κ2) is 10.3. The number of nitrogens with two attached hydrogens (primary N) is 1. The van der Waals surface area contributed by atoms with Crippen LogP contribution in [0.2, 0.25) is 0 Å². The Balaban J connectivity index is 1.83. The topological polar surface area (TPSA) is 121 Å². The zero-order valence-corrected chi connectivity index (χ0v) is 17.7. The Morgan fingerprint density at radius 1 is 1.44 bits per heavy atom. The molecule has 9 heteroatoms. The van der Waals surface area contributed by atoms with Gasteiger partial charge < -0.3 is 0 Å². The number of nitrogens with zero attached hydrogens (tertiary/aromatic N) is 1. The molecule has 1 aliphatic rings. The van der Waals surface area contributed by atoms with Crippen LogP contribution in [0.5, 0.6) is 11.5 Å². The molecular formula is C18H21ClIN4O3+. The molecule has 0 bridgehead atoms. The van der Waals surface area contributed by atoms with Gasteiger partial charge in [-0.3, -0.25) is 0 Å². The Kier molecular flexibility index (Phi) is 8.06. The molecule has 1 aromatic carbocycles. The van der Waals surface area contributed by atoms with Gasteiger partial charge in [0.25, 0.3) is 0 Å². The molecule has 0 saturated carbocycles. The molecule has 0 aromatic heterocycles. The molecule has 7 nitrogen and oxygen atoms in total. The maximum absolute atomic E-state index is 12.0. The fourth-order valence-electron chi connectivity index (χ4n) is 2.41. The van der Waals surface area contributed by atoms with E-state index in [4.69, 9.17) is 35.5 Å². The van der Waals surface area contributed by atoms with Crippen molar-refractivity contribution < 1.29 is 18.0 Å². The van der Waals surface area contributed by atoms with Crippen LogP contribution in [0.25, 0.3) is 0 Å². The normalized spacial score (nSPS) is 15.8. The summed E-state index contributed by atoms with van der Waals surface area (Å²) in [5, 5.41) is 24.9. The predicted octanol–water partition coefficient (Wildman–Crippen LogP) is 1.62. The van der Waals surface area contributed by atoms with Gasteiger partial charge in [-0.05, 0) is 0 Å². The standard InChI is InChI=1S/C18H20ClIN4O3/c1-26-16-10-14(3-2-12(16)11-21)27-20-8-6-13(7-9-20)24-18(25)15(22)4-5-17(19)23/h2-5,10,13,22-23H,6-9H2,1H3,(H,24,25)/p+1/b5-4-,22-15?,23-17?. The molecule has 144 valence electrons. The quantitative estimate of drug-likeness (QED) is 0.297. The number of allylic oxidation sites excluding steroid dienone is 1. The molecule has 1 fully saturated rings. The second-order valence-corrected chi connectivity index (χ2v) is 11.1. The van der Waals surface area contributed by atoms with Crippen LogP contribution >= 0.6 is 31.8 Å². The molecule has 4 N–H and O–H groups in total. The van der Waals surface area contributed by atoms with Crippen molar-refractivity contribution in [2.45, 2.75) is 18.9 Å². The summed E-state index contributed by atoms with van der Waals surface area (Å²) >= 11 is 3.86. The van der Waals surface area contributed by atoms with Gasteiger partial charge in [0.1, 0.15) is 0 Å². The average Bonchev–Trinajstić information content (AvgIpc) is 2.67. The van der Waals surface area contributed by atoms with Gasteiger partial charge in [0, 0.05) is 0 Å². The fraction of sp³-hybridized carbons (Fsp3) is 0.333. The first-order chi connectivity index (χ1) is 12.9. The van der Waals surface area contributed by atoms with Crippen molar-refractivity contribution in [1.82, 2.24) is 5.32 Å². The summed E-state index contributed by atoms with van der Waals surface area (Å²) in [5.41, 5.74) is 0.297. The van der Waals surface area contributed by atoms with Gasteiger partial charge in [0.15, 0.2) is 0 Å². The molecule has 2 rings (SSSR count). The minimum atomic E-state index is -1.63. The number of halogens is 2. The summed E-state index contributed by atoms with van der Waals surface area (Å²) < 4.78 is 13.2. The third kappa shape index (κ3) is 6.52. The van der Waals surface area contributed by atoms with Crippen LogP contribution in [0, 0.1) is 16.7 Å². The van der Waals surface area contributed by atoms with Crippen LogP contribution in [-0.2, 0) is 4.79 Å². The van der Waals surface area contributed by atoms with Gasteiger partial charge in [0.05, 0.1) is 0 Å². The number of methoxy groups -OCH3 is 1. The summed E-state index contributed by atoms with van der Waals surface area (Å²) in [6.45, 7) is 0. The molecule has 1 heterocycles. The number of carbonyl (C=O) groups excluding carboxylic acids is 1. The van der Waals surface area contributed by atoms with Crippen molar-refractivity contribution in [2.24, 2.45) is 0 Å². The van der Waals surface area contributed by atoms with Crippen molar-refractivity contribution in [2.75, 3.05) is 16.0 Å². The number of alkyl halides is 2. The Hall–Kier alpha value is -2.12. The number of hydrogen-bond donors (Lipinski definition) is 3. The predicted molar refractivity (Wildman–Crippen MR) is 113 cm³/mol. The van der Waals surface area contributed by atoms with E-state index in [0.717, 1.165) is 27.4 Å². The summed E-state index contributed by atoms with van der Waals surface area (Å²) in [7, 11) is 1.53. The zero-order chi connectivity index (χ0) is 19.8. The average molecular weight is 504 g/mol. The van der Waals surface area contributed by atoms with Gasteiger partial charge in [0.2, 0.25) is 0 Å². The van der Waals surface area contributed by atoms with E-state index in [1.54, 1.807) is 18.2 Å². The molecule has 1 amide bonds. The van der Waals surface area contributed by atoms with Crippen LogP contribution in [0.3, 0.4) is 0 Å². The summed E-state index contributed by atoms with van der Waals surface area (Å²) in [5.74, 6) is 0.795. The Morgan fingerprint density at radius 2 is 2.15 bits per heavy atom. The van der Waals surface area contributed by atoms with E-state index < -0.39 is 26.1 Å². The molecule has 0 spiro atoms. The zero-order valence-electron chi connectivity index (χ0n) is 14.8. The molecule has 0 unspecified atom stereocenters. The van der Waals surface area contributed by atoms with Gasteiger partial charge >= 0.3 is 171 Å². The molecule has 27 heavy (non-hydrogen) atoms. The number of rotatable bonds is 7. The van der Waals surface area contributed by atoms with E-state index in [1.165, 1.54) is 19.3 Å². The fourth-order valence-corrected chi connectivity index (χ4v) is 7.34. The number of hydrogen-bond acceptors (Lipinski definition) is 5. The second-order valence-electron chi connectivity index (χ2n) is 5.72. The number of carbonyl (C=O) groups is 1. The third-order valence-corrected chi connectivity index (χ3v) is 8.73. The van der Waals surface area contributed by atoms with E-state index in [2.05, 4.69) is 11.4 Å². The Labute approximate surface area is 170 Å². The molecule has 1 aliphatic heterocycles. The van der Waals surface area contributed by atoms with E-state index >= 15 is 0 Å². The van der Waals surface area contributed by atoms with Crippen molar-refractivity contribution in [3.63, 3.8) is 0 Å². The molecule has 0 radical (unpaired) electrons. The van der Waals surface area contributed by atoms with Crippen LogP contribution in [0.15, 0.2) is 30.4 Å². The van der Waals surface area contributed by atoms with E-state index in [0.29, 0.717) is 11.3 Å². The Morgan fingerprint density at radius 3 is 2.74 bits per heavy atom. The first-order valence-corrected chi connectivity index (χ1v) is 12.5. The number of amides is 1. The number of ether oxygens (including phenoxy) is 1. The van der Waals surface area contributed by atoms with Crippen LogP contribution in [0.1, 0.15) is 18.4 Å². The first kappa shape index (κ1) is 21.2. The van der Waals surface area contributed by atoms with Crippen LogP contribution < -0.4 is 18.5 Å². The van der Waals surface area contributed by atoms with E-state index in [9.17, 15) is 4.79 Å². The van der Waals surface area contributed by atoms with Gasteiger partial charge in [-0.2, -0.15) is 0 Å². The van der Waals surface area contributed by atoms with E-state index in [1.807, 2.05) is 0 Å². The van der Waals surface area contributed by atoms with Crippen molar-refractivity contribution in [1.29, 1.82) is 10.7 Å². The van der Waals surface area contributed by atoms with Crippen LogP contribution in [-0.4, -0.2) is 38.8 Å². The summed E-state index contributed by atoms with van der Waals surface area (Å²) in [6, 6.07) is 7.35. The molecule has 0 atom stereocenters. The van der Waals surface area contributed by atoms with E-state index in [-0.39, 0.29) is 16.9 Å². The van der Waals surface area contributed by atoms with Crippen LogP contribution in [0.4, 0.5) is 0 Å². The monoisotopic (exact) mass is 503 g/mol. The van der Waals surface area contributed by atoms with Gasteiger partial charge in [-0.1, -0.05) is 0 Å². The van der Waals surface area contributed by atoms with Gasteiger partial charge in [-0.15, -0.1) is 0 Å². The summed E-state index contributed by atoms with van der Waals surface area (Å²) in [6.07, 6.45) is 4.24.